The van der Waals surface area contributed by atoms with Gasteiger partial charge in [0, 0.05) is 6.54 Å². The van der Waals surface area contributed by atoms with Crippen molar-refractivity contribution in [2.45, 2.75) is 27.3 Å². The van der Waals surface area contributed by atoms with Gasteiger partial charge < -0.3 is 5.73 Å². The van der Waals surface area contributed by atoms with Gasteiger partial charge in [0.25, 0.3) is 0 Å². The third kappa shape index (κ3) is 1.93. The van der Waals surface area contributed by atoms with Crippen LogP contribution in [0.15, 0.2) is 0 Å². The van der Waals surface area contributed by atoms with Gasteiger partial charge in [-0.15, -0.1) is 0 Å². The summed E-state index contributed by atoms with van der Waals surface area (Å²) < 4.78 is 1.74. The molecule has 0 fully saturated rings. The molecule has 0 saturated heterocycles. The average molecular weight is 154 g/mol. The summed E-state index contributed by atoms with van der Waals surface area (Å²) in [6, 6.07) is 0. The lowest BCUT2D eigenvalue weighted by Crippen LogP contribution is -2.09. The van der Waals surface area contributed by atoms with Crippen LogP contribution in [0.3, 0.4) is 0 Å². The molecule has 62 valence electrons. The first-order valence-corrected chi connectivity index (χ1v) is 3.76. The number of nitrogens with two attached hydrogens (primary N) is 1. The minimum Gasteiger partial charge on any atom is -0.368 e. The van der Waals surface area contributed by atoms with E-state index < -0.39 is 0 Å². The number of rotatable bonds is 2. The van der Waals surface area contributed by atoms with E-state index in [0.29, 0.717) is 11.9 Å². The zero-order chi connectivity index (χ0) is 8.43. The smallest absolute Gasteiger partial charge is 0.218 e. The van der Waals surface area contributed by atoms with Crippen LogP contribution in [0.1, 0.15) is 19.7 Å². The number of nitrogens with zero attached hydrogens (tertiary/aromatic N) is 3. The zero-order valence-electron chi connectivity index (χ0n) is 7.20. The average Bonchev–Trinajstić information content (AvgIpc) is 2.09. The van der Waals surface area contributed by atoms with Gasteiger partial charge in [0.05, 0.1) is 0 Å². The lowest BCUT2D eigenvalue weighted by atomic mass is 10.2. The van der Waals surface area contributed by atoms with E-state index in [0.717, 1.165) is 12.4 Å². The summed E-state index contributed by atoms with van der Waals surface area (Å²) in [6.07, 6.45) is 0. The van der Waals surface area contributed by atoms with Gasteiger partial charge in [0.2, 0.25) is 5.95 Å². The van der Waals surface area contributed by atoms with Crippen LogP contribution < -0.4 is 5.73 Å². The van der Waals surface area contributed by atoms with E-state index in [9.17, 15) is 0 Å². The molecule has 0 atom stereocenters. The van der Waals surface area contributed by atoms with E-state index in [4.69, 9.17) is 5.73 Å². The molecule has 0 aliphatic carbocycles. The molecule has 1 rings (SSSR count). The van der Waals surface area contributed by atoms with Crippen molar-refractivity contribution in [3.05, 3.63) is 5.82 Å². The van der Waals surface area contributed by atoms with Crippen LogP contribution in [-0.2, 0) is 6.54 Å². The van der Waals surface area contributed by atoms with Crippen LogP contribution in [0.2, 0.25) is 0 Å². The topological polar surface area (TPSA) is 56.7 Å². The molecule has 11 heavy (non-hydrogen) atoms. The Bertz CT molecular complexity index is 239. The SMILES string of the molecule is Cc1nc(N)n(CC(C)C)n1. The van der Waals surface area contributed by atoms with Gasteiger partial charge in [-0.3, -0.25) is 0 Å². The molecule has 0 bridgehead atoms. The second kappa shape index (κ2) is 2.90. The van der Waals surface area contributed by atoms with Crippen LogP contribution in [0.25, 0.3) is 0 Å². The fraction of sp³-hybridized carbons (Fsp3) is 0.714. The van der Waals surface area contributed by atoms with Crippen LogP contribution >= 0.6 is 0 Å². The van der Waals surface area contributed by atoms with Crippen LogP contribution in [0, 0.1) is 12.8 Å². The van der Waals surface area contributed by atoms with E-state index in [1.54, 1.807) is 4.68 Å². The fourth-order valence-electron chi connectivity index (χ4n) is 0.952. The van der Waals surface area contributed by atoms with Crippen molar-refractivity contribution in [2.75, 3.05) is 5.73 Å². The molecular formula is C7H14N4. The van der Waals surface area contributed by atoms with Gasteiger partial charge in [-0.05, 0) is 12.8 Å². The predicted octanol–water partition coefficient (Wildman–Crippen LogP) is 0.825. The molecule has 2 N–H and O–H groups in total. The summed E-state index contributed by atoms with van der Waals surface area (Å²) in [6.45, 7) is 6.92. The number of nitrogen functional groups attached to an aromatic ring is 1. The third-order valence-corrected chi connectivity index (χ3v) is 1.34. The molecule has 0 saturated carbocycles. The highest BCUT2D eigenvalue weighted by molar-refractivity contribution is 5.15. The number of anilines is 1. The first-order chi connectivity index (χ1) is 5.09. The minimum atomic E-state index is 0.510. The summed E-state index contributed by atoms with van der Waals surface area (Å²) in [7, 11) is 0. The Balaban J connectivity index is 2.77. The molecule has 1 heterocycles. The molecule has 0 spiro atoms. The highest BCUT2D eigenvalue weighted by Gasteiger charge is 2.03. The Labute approximate surface area is 66.4 Å². The first kappa shape index (κ1) is 8.04. The summed E-state index contributed by atoms with van der Waals surface area (Å²) in [5, 5.41) is 4.13. The van der Waals surface area contributed by atoms with Crippen molar-refractivity contribution in [3.63, 3.8) is 0 Å². The summed E-state index contributed by atoms with van der Waals surface area (Å²) in [4.78, 5) is 3.99. The first-order valence-electron chi connectivity index (χ1n) is 3.76. The van der Waals surface area contributed by atoms with Gasteiger partial charge in [-0.1, -0.05) is 13.8 Å². The molecular weight excluding hydrogens is 140 g/mol. The van der Waals surface area contributed by atoms with Gasteiger partial charge in [-0.25, -0.2) is 4.68 Å². The molecule has 1 aromatic heterocycles. The van der Waals surface area contributed by atoms with E-state index in [-0.39, 0.29) is 0 Å². The second-order valence-electron chi connectivity index (χ2n) is 3.09. The summed E-state index contributed by atoms with van der Waals surface area (Å²) >= 11 is 0. The lowest BCUT2D eigenvalue weighted by molar-refractivity contribution is 0.486. The van der Waals surface area contributed by atoms with E-state index >= 15 is 0 Å². The number of aryl methyl sites for hydroxylation is 1. The van der Waals surface area contributed by atoms with Gasteiger partial charge >= 0.3 is 0 Å². The number of hydrogen-bond acceptors (Lipinski definition) is 3. The molecule has 0 amide bonds. The molecule has 0 aliphatic heterocycles. The van der Waals surface area contributed by atoms with Crippen molar-refractivity contribution in [1.82, 2.24) is 14.8 Å². The second-order valence-corrected chi connectivity index (χ2v) is 3.09. The van der Waals surface area contributed by atoms with Gasteiger partial charge in [-0.2, -0.15) is 10.1 Å². The number of aromatic nitrogens is 3. The van der Waals surface area contributed by atoms with E-state index in [1.165, 1.54) is 0 Å². The quantitative estimate of drug-likeness (QED) is 0.686. The maximum absolute atomic E-state index is 5.58. The highest BCUT2D eigenvalue weighted by atomic mass is 15.4. The maximum atomic E-state index is 5.58. The van der Waals surface area contributed by atoms with E-state index in [1.807, 2.05) is 6.92 Å². The number of hydrogen-bond donors (Lipinski definition) is 1. The molecule has 4 nitrogen and oxygen atoms in total. The molecule has 0 radical (unpaired) electrons. The van der Waals surface area contributed by atoms with Gasteiger partial charge in [0.15, 0.2) is 0 Å². The third-order valence-electron chi connectivity index (χ3n) is 1.34. The molecule has 0 aromatic carbocycles. The summed E-state index contributed by atoms with van der Waals surface area (Å²) in [5.41, 5.74) is 5.58. The largest absolute Gasteiger partial charge is 0.368 e. The standard InChI is InChI=1S/C7H14N4/c1-5(2)4-11-7(8)9-6(3)10-11/h5H,4H2,1-3H3,(H2,8,9,10). The Kier molecular flexibility index (Phi) is 2.12. The fourth-order valence-corrected chi connectivity index (χ4v) is 0.952. The Morgan fingerprint density at radius 2 is 2.18 bits per heavy atom. The lowest BCUT2D eigenvalue weighted by Gasteiger charge is -2.04. The van der Waals surface area contributed by atoms with Crippen molar-refractivity contribution in [3.8, 4) is 0 Å². The predicted molar refractivity (Wildman–Crippen MR) is 44.0 cm³/mol. The normalized spacial score (nSPS) is 10.9. The zero-order valence-corrected chi connectivity index (χ0v) is 7.20. The van der Waals surface area contributed by atoms with Crippen LogP contribution in [0.4, 0.5) is 5.95 Å². The van der Waals surface area contributed by atoms with E-state index in [2.05, 4.69) is 23.9 Å². The maximum Gasteiger partial charge on any atom is 0.218 e. The van der Waals surface area contributed by atoms with Crippen LogP contribution in [-0.4, -0.2) is 14.8 Å². The van der Waals surface area contributed by atoms with Crippen molar-refractivity contribution >= 4 is 5.95 Å². The molecule has 0 unspecified atom stereocenters. The molecule has 1 aromatic rings. The van der Waals surface area contributed by atoms with Gasteiger partial charge in [0.1, 0.15) is 5.82 Å². The van der Waals surface area contributed by atoms with Crippen LogP contribution in [0.5, 0.6) is 0 Å². The molecule has 0 aliphatic rings. The molecule has 4 heteroatoms. The van der Waals surface area contributed by atoms with Crippen molar-refractivity contribution in [1.29, 1.82) is 0 Å². The highest BCUT2D eigenvalue weighted by Crippen LogP contribution is 2.03. The van der Waals surface area contributed by atoms with Crippen molar-refractivity contribution < 1.29 is 0 Å². The monoisotopic (exact) mass is 154 g/mol. The minimum absolute atomic E-state index is 0.510. The Hall–Kier alpha value is -1.06. The van der Waals surface area contributed by atoms with Crippen molar-refractivity contribution in [2.24, 2.45) is 5.92 Å². The summed E-state index contributed by atoms with van der Waals surface area (Å²) in [5.74, 6) is 1.80. The Morgan fingerprint density at radius 1 is 1.55 bits per heavy atom. The Morgan fingerprint density at radius 3 is 2.55 bits per heavy atom.